The molecule has 0 spiro atoms. The number of halogens is 1. The predicted molar refractivity (Wildman–Crippen MR) is 71.3 cm³/mol. The molecule has 1 amide bonds. The van der Waals surface area contributed by atoms with Gasteiger partial charge < -0.3 is 10.6 Å². The summed E-state index contributed by atoms with van der Waals surface area (Å²) in [6.45, 7) is 1.70. The second kappa shape index (κ2) is 4.60. The van der Waals surface area contributed by atoms with Gasteiger partial charge in [-0.1, -0.05) is 6.07 Å². The van der Waals surface area contributed by atoms with Crippen molar-refractivity contribution >= 4 is 5.91 Å². The van der Waals surface area contributed by atoms with Gasteiger partial charge in [-0.05, 0) is 50.3 Å². The Balaban J connectivity index is 1.86. The molecule has 3 nitrogen and oxygen atoms in total. The number of amides is 1. The number of nitrogens with zero attached hydrogens (tertiary/aromatic N) is 1. The van der Waals surface area contributed by atoms with Gasteiger partial charge in [0.05, 0.1) is 0 Å². The molecule has 1 aromatic rings. The van der Waals surface area contributed by atoms with Gasteiger partial charge in [-0.2, -0.15) is 0 Å². The second-order valence-electron chi connectivity index (χ2n) is 5.79. The highest BCUT2D eigenvalue weighted by Crippen LogP contribution is 2.36. The fourth-order valence-corrected chi connectivity index (χ4v) is 3.43. The van der Waals surface area contributed by atoms with Gasteiger partial charge in [0.2, 0.25) is 0 Å². The van der Waals surface area contributed by atoms with E-state index in [9.17, 15) is 9.18 Å². The molecule has 1 aromatic carbocycles. The molecule has 2 bridgehead atoms. The zero-order chi connectivity index (χ0) is 13.6. The van der Waals surface area contributed by atoms with Crippen LogP contribution in [0.5, 0.6) is 0 Å². The summed E-state index contributed by atoms with van der Waals surface area (Å²) in [5, 5.41) is 0. The van der Waals surface area contributed by atoms with Crippen molar-refractivity contribution in [2.75, 3.05) is 0 Å². The molecule has 2 heterocycles. The van der Waals surface area contributed by atoms with Gasteiger partial charge in [-0.3, -0.25) is 4.79 Å². The van der Waals surface area contributed by atoms with Gasteiger partial charge in [-0.15, -0.1) is 0 Å². The molecule has 0 aromatic heterocycles. The molecule has 2 atom stereocenters. The van der Waals surface area contributed by atoms with Crippen LogP contribution in [0.25, 0.3) is 0 Å². The van der Waals surface area contributed by atoms with E-state index in [4.69, 9.17) is 5.73 Å². The van der Waals surface area contributed by atoms with E-state index >= 15 is 0 Å². The number of aryl methyl sites for hydroxylation is 1. The quantitative estimate of drug-likeness (QED) is 0.843. The lowest BCUT2D eigenvalue weighted by molar-refractivity contribution is 0.0574. The largest absolute Gasteiger partial charge is 0.333 e. The summed E-state index contributed by atoms with van der Waals surface area (Å²) in [6, 6.07) is 5.42. The van der Waals surface area contributed by atoms with Crippen molar-refractivity contribution in [3.05, 3.63) is 35.1 Å². The number of hydrogen-bond acceptors (Lipinski definition) is 2. The summed E-state index contributed by atoms with van der Waals surface area (Å²) < 4.78 is 13.6. The molecule has 2 aliphatic heterocycles. The number of rotatable bonds is 1. The van der Waals surface area contributed by atoms with Crippen molar-refractivity contribution in [1.29, 1.82) is 0 Å². The van der Waals surface area contributed by atoms with Crippen LogP contribution >= 0.6 is 0 Å². The molecular formula is C15H19FN2O. The maximum atomic E-state index is 13.6. The van der Waals surface area contributed by atoms with E-state index in [2.05, 4.69) is 0 Å². The number of hydrogen-bond donors (Lipinski definition) is 1. The Kier molecular flexibility index (Phi) is 3.05. The second-order valence-corrected chi connectivity index (χ2v) is 5.79. The first-order valence-corrected chi connectivity index (χ1v) is 6.90. The number of fused-ring (bicyclic) bond motifs is 2. The molecule has 102 valence electrons. The van der Waals surface area contributed by atoms with Gasteiger partial charge in [0, 0.05) is 23.7 Å². The van der Waals surface area contributed by atoms with Crippen molar-refractivity contribution < 1.29 is 9.18 Å². The van der Waals surface area contributed by atoms with E-state index in [1.807, 2.05) is 4.90 Å². The van der Waals surface area contributed by atoms with E-state index in [-0.39, 0.29) is 29.8 Å². The van der Waals surface area contributed by atoms with E-state index in [0.717, 1.165) is 25.7 Å². The molecule has 2 unspecified atom stereocenters. The summed E-state index contributed by atoms with van der Waals surface area (Å²) in [5.41, 5.74) is 7.03. The predicted octanol–water partition coefficient (Wildman–Crippen LogP) is 2.23. The molecule has 2 aliphatic rings. The minimum atomic E-state index is -0.313. The standard InChI is InChI=1S/C15H19FN2O/c1-9-2-3-10(6-14(9)16)15(19)18-12-4-5-13(18)8-11(17)7-12/h2-3,6,11-13H,4-5,7-8,17H2,1H3. The van der Waals surface area contributed by atoms with E-state index < -0.39 is 0 Å². The Bertz CT molecular complexity index is 503. The van der Waals surface area contributed by atoms with Crippen LogP contribution in [-0.4, -0.2) is 28.9 Å². The van der Waals surface area contributed by atoms with Crippen LogP contribution in [0.4, 0.5) is 4.39 Å². The molecule has 0 radical (unpaired) electrons. The van der Waals surface area contributed by atoms with Crippen molar-refractivity contribution in [2.24, 2.45) is 5.73 Å². The molecule has 0 saturated carbocycles. The molecule has 2 fully saturated rings. The highest BCUT2D eigenvalue weighted by Gasteiger charge is 2.42. The summed E-state index contributed by atoms with van der Waals surface area (Å²) in [7, 11) is 0. The smallest absolute Gasteiger partial charge is 0.254 e. The third kappa shape index (κ3) is 2.14. The number of piperidine rings is 1. The summed E-state index contributed by atoms with van der Waals surface area (Å²) >= 11 is 0. The van der Waals surface area contributed by atoms with Crippen molar-refractivity contribution in [3.63, 3.8) is 0 Å². The maximum Gasteiger partial charge on any atom is 0.254 e. The van der Waals surface area contributed by atoms with Gasteiger partial charge in [0.25, 0.3) is 5.91 Å². The summed E-state index contributed by atoms with van der Waals surface area (Å²) in [5.74, 6) is -0.356. The Morgan fingerprint density at radius 2 is 1.95 bits per heavy atom. The fraction of sp³-hybridized carbons (Fsp3) is 0.533. The van der Waals surface area contributed by atoms with Crippen LogP contribution in [0.15, 0.2) is 18.2 Å². The lowest BCUT2D eigenvalue weighted by atomic mass is 9.97. The lowest BCUT2D eigenvalue weighted by Gasteiger charge is -2.37. The van der Waals surface area contributed by atoms with Crippen molar-refractivity contribution in [1.82, 2.24) is 4.90 Å². The van der Waals surface area contributed by atoms with Crippen LogP contribution in [0, 0.1) is 12.7 Å². The zero-order valence-corrected chi connectivity index (χ0v) is 11.1. The first-order chi connectivity index (χ1) is 9.06. The Labute approximate surface area is 112 Å². The molecule has 4 heteroatoms. The number of nitrogens with two attached hydrogens (primary N) is 1. The third-order valence-electron chi connectivity index (χ3n) is 4.42. The Hall–Kier alpha value is -1.42. The SMILES string of the molecule is Cc1ccc(C(=O)N2C3CCC2CC(N)C3)cc1F. The van der Waals surface area contributed by atoms with Gasteiger partial charge in [0.15, 0.2) is 0 Å². The molecule has 2 N–H and O–H groups in total. The Morgan fingerprint density at radius 1 is 1.32 bits per heavy atom. The normalized spacial score (nSPS) is 29.6. The number of carbonyl (C=O) groups excluding carboxylic acids is 1. The van der Waals surface area contributed by atoms with Gasteiger partial charge >= 0.3 is 0 Å². The lowest BCUT2D eigenvalue weighted by Crippen LogP contribution is -2.50. The minimum Gasteiger partial charge on any atom is -0.333 e. The monoisotopic (exact) mass is 262 g/mol. The number of benzene rings is 1. The molecule has 19 heavy (non-hydrogen) atoms. The minimum absolute atomic E-state index is 0.0432. The molecule has 3 rings (SSSR count). The van der Waals surface area contributed by atoms with Crippen LogP contribution in [0.2, 0.25) is 0 Å². The van der Waals surface area contributed by atoms with E-state index in [1.165, 1.54) is 6.07 Å². The van der Waals surface area contributed by atoms with Crippen LogP contribution < -0.4 is 5.73 Å². The van der Waals surface area contributed by atoms with Crippen molar-refractivity contribution in [2.45, 2.75) is 50.7 Å². The van der Waals surface area contributed by atoms with Crippen LogP contribution in [-0.2, 0) is 0 Å². The molecule has 2 saturated heterocycles. The first kappa shape index (κ1) is 12.6. The third-order valence-corrected chi connectivity index (χ3v) is 4.42. The molecule has 0 aliphatic carbocycles. The van der Waals surface area contributed by atoms with E-state index in [0.29, 0.717) is 11.1 Å². The fourth-order valence-electron chi connectivity index (χ4n) is 3.43. The number of carbonyl (C=O) groups is 1. The summed E-state index contributed by atoms with van der Waals surface area (Å²) in [6.07, 6.45) is 3.80. The molecular weight excluding hydrogens is 243 g/mol. The van der Waals surface area contributed by atoms with Crippen LogP contribution in [0.3, 0.4) is 0 Å². The maximum absolute atomic E-state index is 13.6. The average Bonchev–Trinajstić information content (AvgIpc) is 2.64. The van der Waals surface area contributed by atoms with Crippen molar-refractivity contribution in [3.8, 4) is 0 Å². The highest BCUT2D eigenvalue weighted by atomic mass is 19.1. The van der Waals surface area contributed by atoms with Gasteiger partial charge in [-0.25, -0.2) is 4.39 Å². The van der Waals surface area contributed by atoms with Crippen LogP contribution in [0.1, 0.15) is 41.6 Å². The Morgan fingerprint density at radius 3 is 2.53 bits per heavy atom. The highest BCUT2D eigenvalue weighted by molar-refractivity contribution is 5.95. The van der Waals surface area contributed by atoms with E-state index in [1.54, 1.807) is 19.1 Å². The summed E-state index contributed by atoms with van der Waals surface area (Å²) in [4.78, 5) is 14.5. The zero-order valence-electron chi connectivity index (χ0n) is 11.1. The van der Waals surface area contributed by atoms with Gasteiger partial charge in [0.1, 0.15) is 5.82 Å². The first-order valence-electron chi connectivity index (χ1n) is 6.90. The average molecular weight is 262 g/mol. The topological polar surface area (TPSA) is 46.3 Å².